The Labute approximate surface area is 159 Å². The lowest BCUT2D eigenvalue weighted by Crippen LogP contribution is -1.95. The molecule has 3 aromatic rings. The van der Waals surface area contributed by atoms with Crippen LogP contribution in [0, 0.1) is 0 Å². The summed E-state index contributed by atoms with van der Waals surface area (Å²) in [5.41, 5.74) is 0.252. The summed E-state index contributed by atoms with van der Waals surface area (Å²) < 4.78 is 10.3. The molecule has 3 rings (SSSR count). The lowest BCUT2D eigenvalue weighted by atomic mass is 10.3. The van der Waals surface area contributed by atoms with Crippen molar-refractivity contribution in [3.63, 3.8) is 0 Å². The minimum Gasteiger partial charge on any atom is -0.497 e. The average Bonchev–Trinajstić information content (AvgIpc) is 3.05. The first-order valence-electron chi connectivity index (χ1n) is 7.69. The van der Waals surface area contributed by atoms with Crippen LogP contribution in [0.3, 0.4) is 0 Å². The summed E-state index contributed by atoms with van der Waals surface area (Å²) in [7, 11) is 3.23. The van der Waals surface area contributed by atoms with Gasteiger partial charge >= 0.3 is 5.97 Å². The van der Waals surface area contributed by atoms with E-state index in [0.29, 0.717) is 4.90 Å². The SMILES string of the molecule is COc1ccc(Sc2[nH]cc(C(=O)O)c2Sc2ccc(OC)cc2)cc1. The second-order valence-electron chi connectivity index (χ2n) is 5.22. The van der Waals surface area contributed by atoms with Crippen molar-refractivity contribution >= 4 is 29.5 Å². The number of hydrogen-bond donors (Lipinski definition) is 2. The van der Waals surface area contributed by atoms with Crippen molar-refractivity contribution in [2.24, 2.45) is 0 Å². The topological polar surface area (TPSA) is 71.6 Å². The van der Waals surface area contributed by atoms with Crippen molar-refractivity contribution in [1.29, 1.82) is 0 Å². The number of carboxylic acid groups (broad SMARTS) is 1. The standard InChI is InChI=1S/C19H17NO4S2/c1-23-12-3-7-14(8-4-12)25-17-16(19(21)22)11-20-18(17)26-15-9-5-13(24-2)6-10-15/h3-11,20H,1-2H3,(H,21,22). The molecule has 0 saturated carbocycles. The highest BCUT2D eigenvalue weighted by Crippen LogP contribution is 2.41. The zero-order valence-corrected chi connectivity index (χ0v) is 15.8. The Hall–Kier alpha value is -2.51. The molecule has 0 spiro atoms. The molecule has 134 valence electrons. The molecule has 2 N–H and O–H groups in total. The maximum Gasteiger partial charge on any atom is 0.338 e. The van der Waals surface area contributed by atoms with Gasteiger partial charge in [-0.1, -0.05) is 23.5 Å². The first-order valence-corrected chi connectivity index (χ1v) is 9.32. The molecule has 0 bridgehead atoms. The summed E-state index contributed by atoms with van der Waals surface area (Å²) in [6.45, 7) is 0. The van der Waals surface area contributed by atoms with Gasteiger partial charge in [0.1, 0.15) is 11.5 Å². The molecule has 0 atom stereocenters. The number of carboxylic acids is 1. The van der Waals surface area contributed by atoms with Crippen molar-refractivity contribution in [3.05, 3.63) is 60.3 Å². The zero-order valence-electron chi connectivity index (χ0n) is 14.2. The number of benzene rings is 2. The van der Waals surface area contributed by atoms with Crippen LogP contribution in [0.25, 0.3) is 0 Å². The number of methoxy groups -OCH3 is 2. The van der Waals surface area contributed by atoms with Crippen LogP contribution in [-0.4, -0.2) is 30.3 Å². The van der Waals surface area contributed by atoms with Gasteiger partial charge in [-0.25, -0.2) is 4.79 Å². The fourth-order valence-electron chi connectivity index (χ4n) is 2.25. The molecule has 0 aliphatic carbocycles. The molecule has 0 unspecified atom stereocenters. The maximum absolute atomic E-state index is 11.6. The fraction of sp³-hybridized carbons (Fsp3) is 0.105. The van der Waals surface area contributed by atoms with Crippen LogP contribution in [0.1, 0.15) is 10.4 Å². The number of aromatic carboxylic acids is 1. The van der Waals surface area contributed by atoms with E-state index in [4.69, 9.17) is 9.47 Å². The molecular formula is C19H17NO4S2. The van der Waals surface area contributed by atoms with Crippen LogP contribution in [-0.2, 0) is 0 Å². The largest absolute Gasteiger partial charge is 0.497 e. The van der Waals surface area contributed by atoms with Crippen LogP contribution >= 0.6 is 23.5 Å². The molecule has 0 aliphatic heterocycles. The van der Waals surface area contributed by atoms with Crippen LogP contribution in [0.2, 0.25) is 0 Å². The number of aromatic amines is 1. The summed E-state index contributed by atoms with van der Waals surface area (Å²) >= 11 is 2.89. The Morgan fingerprint density at radius 3 is 1.85 bits per heavy atom. The summed E-state index contributed by atoms with van der Waals surface area (Å²) in [5, 5.41) is 10.3. The first-order chi connectivity index (χ1) is 12.6. The summed E-state index contributed by atoms with van der Waals surface area (Å²) in [5.74, 6) is 0.577. The van der Waals surface area contributed by atoms with Gasteiger partial charge in [0.05, 0.1) is 29.7 Å². The number of rotatable bonds is 7. The molecule has 0 fully saturated rings. The molecule has 0 aliphatic rings. The number of hydrogen-bond acceptors (Lipinski definition) is 5. The van der Waals surface area contributed by atoms with E-state index < -0.39 is 5.97 Å². The van der Waals surface area contributed by atoms with E-state index >= 15 is 0 Å². The maximum atomic E-state index is 11.6. The van der Waals surface area contributed by atoms with Crippen LogP contribution in [0.5, 0.6) is 11.5 Å². The lowest BCUT2D eigenvalue weighted by Gasteiger charge is -2.07. The van der Waals surface area contributed by atoms with E-state index in [1.54, 1.807) is 14.2 Å². The monoisotopic (exact) mass is 387 g/mol. The van der Waals surface area contributed by atoms with Gasteiger partial charge < -0.3 is 19.6 Å². The highest BCUT2D eigenvalue weighted by molar-refractivity contribution is 8.02. The Bertz CT molecular complexity index is 889. The number of aromatic nitrogens is 1. The van der Waals surface area contributed by atoms with E-state index in [9.17, 15) is 9.90 Å². The predicted molar refractivity (Wildman–Crippen MR) is 102 cm³/mol. The van der Waals surface area contributed by atoms with Crippen LogP contribution in [0.4, 0.5) is 0 Å². The summed E-state index contributed by atoms with van der Waals surface area (Å²) in [6, 6.07) is 15.1. The van der Waals surface area contributed by atoms with Gasteiger partial charge in [0.15, 0.2) is 0 Å². The first kappa shape index (κ1) is 18.3. The number of nitrogens with one attached hydrogen (secondary N) is 1. The molecule has 0 saturated heterocycles. The molecule has 0 radical (unpaired) electrons. The smallest absolute Gasteiger partial charge is 0.338 e. The quantitative estimate of drug-likeness (QED) is 0.592. The van der Waals surface area contributed by atoms with E-state index in [0.717, 1.165) is 26.3 Å². The van der Waals surface area contributed by atoms with Crippen molar-refractivity contribution in [2.45, 2.75) is 19.7 Å². The van der Waals surface area contributed by atoms with Gasteiger partial charge in [0, 0.05) is 16.0 Å². The van der Waals surface area contributed by atoms with Crippen molar-refractivity contribution in [1.82, 2.24) is 4.98 Å². The Morgan fingerprint density at radius 2 is 1.38 bits per heavy atom. The Kier molecular flexibility index (Phi) is 5.80. The number of carbonyl (C=O) groups is 1. The van der Waals surface area contributed by atoms with Gasteiger partial charge in [0.2, 0.25) is 0 Å². The van der Waals surface area contributed by atoms with E-state index in [1.807, 2.05) is 48.5 Å². The third kappa shape index (κ3) is 4.17. The van der Waals surface area contributed by atoms with Gasteiger partial charge in [0.25, 0.3) is 0 Å². The van der Waals surface area contributed by atoms with Crippen LogP contribution in [0.15, 0.2) is 74.4 Å². The van der Waals surface area contributed by atoms with Gasteiger partial charge in [-0.05, 0) is 48.5 Å². The van der Waals surface area contributed by atoms with Crippen molar-refractivity contribution in [3.8, 4) is 11.5 Å². The average molecular weight is 387 g/mol. The molecule has 7 heteroatoms. The Balaban J connectivity index is 1.88. The Morgan fingerprint density at radius 1 is 0.885 bits per heavy atom. The van der Waals surface area contributed by atoms with Crippen LogP contribution < -0.4 is 9.47 Å². The van der Waals surface area contributed by atoms with E-state index in [1.165, 1.54) is 29.7 Å². The third-order valence-electron chi connectivity index (χ3n) is 3.59. The van der Waals surface area contributed by atoms with E-state index in [2.05, 4.69) is 4.98 Å². The van der Waals surface area contributed by atoms with Crippen molar-refractivity contribution in [2.75, 3.05) is 14.2 Å². The van der Waals surface area contributed by atoms with Gasteiger partial charge in [-0.2, -0.15) is 0 Å². The zero-order chi connectivity index (χ0) is 18.5. The molecular weight excluding hydrogens is 370 g/mol. The van der Waals surface area contributed by atoms with Crippen molar-refractivity contribution < 1.29 is 19.4 Å². The predicted octanol–water partition coefficient (Wildman–Crippen LogP) is 5.03. The fourth-order valence-corrected chi connectivity index (χ4v) is 4.24. The highest BCUT2D eigenvalue weighted by atomic mass is 32.2. The van der Waals surface area contributed by atoms with Gasteiger partial charge in [-0.3, -0.25) is 0 Å². The second kappa shape index (κ2) is 8.25. The minimum atomic E-state index is -0.959. The third-order valence-corrected chi connectivity index (χ3v) is 5.89. The normalized spacial score (nSPS) is 10.5. The lowest BCUT2D eigenvalue weighted by molar-refractivity contribution is 0.0693. The number of ether oxygens (including phenoxy) is 2. The molecule has 5 nitrogen and oxygen atoms in total. The second-order valence-corrected chi connectivity index (χ2v) is 7.39. The number of H-pyrrole nitrogens is 1. The van der Waals surface area contributed by atoms with E-state index in [-0.39, 0.29) is 5.56 Å². The summed E-state index contributed by atoms with van der Waals surface area (Å²) in [4.78, 5) is 17.3. The molecule has 2 aromatic carbocycles. The molecule has 0 amide bonds. The highest BCUT2D eigenvalue weighted by Gasteiger charge is 2.19. The minimum absolute atomic E-state index is 0.252. The molecule has 1 heterocycles. The molecule has 26 heavy (non-hydrogen) atoms. The van der Waals surface area contributed by atoms with Gasteiger partial charge in [-0.15, -0.1) is 0 Å². The summed E-state index contributed by atoms with van der Waals surface area (Å²) in [6.07, 6.45) is 1.53. The molecule has 1 aromatic heterocycles.